The molecule has 18 heavy (non-hydrogen) atoms. The molecule has 0 bridgehead atoms. The molecule has 2 unspecified atom stereocenters. The summed E-state index contributed by atoms with van der Waals surface area (Å²) in [5.41, 5.74) is 1.70. The van der Waals surface area contributed by atoms with E-state index in [-0.39, 0.29) is 5.92 Å². The van der Waals surface area contributed by atoms with Crippen LogP contribution < -0.4 is 0 Å². The van der Waals surface area contributed by atoms with E-state index in [2.05, 4.69) is 5.10 Å². The highest BCUT2D eigenvalue weighted by Crippen LogP contribution is 2.35. The molecular weight excluding hydrogens is 252 g/mol. The van der Waals surface area contributed by atoms with Gasteiger partial charge in [-0.1, -0.05) is 18.5 Å². The molecule has 0 spiro atoms. The molecule has 1 aliphatic carbocycles. The zero-order valence-corrected chi connectivity index (χ0v) is 11.7. The van der Waals surface area contributed by atoms with Gasteiger partial charge in [-0.25, -0.2) is 0 Å². The highest BCUT2D eigenvalue weighted by molar-refractivity contribution is 6.31. The van der Waals surface area contributed by atoms with Crippen LogP contribution in [0.3, 0.4) is 0 Å². The molecule has 1 fully saturated rings. The molecule has 2 atom stereocenters. The first kappa shape index (κ1) is 13.8. The summed E-state index contributed by atoms with van der Waals surface area (Å²) in [7, 11) is 0. The van der Waals surface area contributed by atoms with E-state index in [1.807, 2.05) is 18.5 Å². The lowest BCUT2D eigenvalue weighted by Crippen LogP contribution is -2.30. The Bertz CT molecular complexity index is 415. The summed E-state index contributed by atoms with van der Waals surface area (Å²) in [4.78, 5) is 0. The van der Waals surface area contributed by atoms with Gasteiger partial charge in [-0.2, -0.15) is 5.10 Å². The Labute approximate surface area is 113 Å². The van der Waals surface area contributed by atoms with Crippen molar-refractivity contribution in [3.05, 3.63) is 16.4 Å². The van der Waals surface area contributed by atoms with Crippen LogP contribution in [-0.2, 0) is 19.4 Å². The molecule has 5 heteroatoms. The second kappa shape index (κ2) is 5.59. The number of aliphatic hydroxyl groups is 2. The molecule has 1 saturated carbocycles. The molecule has 2 rings (SSSR count). The van der Waals surface area contributed by atoms with Crippen molar-refractivity contribution in [1.29, 1.82) is 0 Å². The number of nitrogens with zero attached hydrogens (tertiary/aromatic N) is 2. The number of hydrogen-bond acceptors (Lipinski definition) is 3. The number of rotatable bonds is 6. The van der Waals surface area contributed by atoms with Crippen molar-refractivity contribution in [2.75, 3.05) is 0 Å². The molecule has 2 N–H and O–H groups in total. The van der Waals surface area contributed by atoms with Crippen LogP contribution >= 0.6 is 11.6 Å². The quantitative estimate of drug-likeness (QED) is 0.830. The fraction of sp³-hybridized carbons (Fsp3) is 0.769. The van der Waals surface area contributed by atoms with Crippen molar-refractivity contribution in [2.45, 2.75) is 58.3 Å². The number of aryl methyl sites for hydroxylation is 2. The van der Waals surface area contributed by atoms with Crippen LogP contribution in [0.25, 0.3) is 0 Å². The zero-order valence-electron chi connectivity index (χ0n) is 10.9. The highest BCUT2D eigenvalue weighted by Gasteiger charge is 2.35. The monoisotopic (exact) mass is 272 g/mol. The van der Waals surface area contributed by atoms with Gasteiger partial charge in [-0.3, -0.25) is 4.68 Å². The lowest BCUT2D eigenvalue weighted by atomic mass is 10.0. The van der Waals surface area contributed by atoms with Gasteiger partial charge in [-0.05, 0) is 32.1 Å². The summed E-state index contributed by atoms with van der Waals surface area (Å²) in [6, 6.07) is 0. The second-order valence-electron chi connectivity index (χ2n) is 4.98. The first-order valence-electron chi connectivity index (χ1n) is 6.68. The van der Waals surface area contributed by atoms with E-state index in [0.29, 0.717) is 11.4 Å². The fourth-order valence-corrected chi connectivity index (χ4v) is 2.63. The lowest BCUT2D eigenvalue weighted by molar-refractivity contribution is 0.00570. The SMILES string of the molecule is CCc1nn(CC)c(CC(O)C(O)C2CC2)c1Cl. The Hall–Kier alpha value is -0.580. The first-order valence-corrected chi connectivity index (χ1v) is 7.06. The van der Waals surface area contributed by atoms with Crippen LogP contribution in [0.5, 0.6) is 0 Å². The topological polar surface area (TPSA) is 58.3 Å². The molecule has 102 valence electrons. The lowest BCUT2D eigenvalue weighted by Gasteiger charge is -2.17. The molecule has 0 amide bonds. The predicted octanol–water partition coefficient (Wildman–Crippen LogP) is 1.79. The number of aliphatic hydroxyl groups excluding tert-OH is 2. The van der Waals surface area contributed by atoms with Crippen molar-refractivity contribution in [3.63, 3.8) is 0 Å². The van der Waals surface area contributed by atoms with Crippen molar-refractivity contribution in [3.8, 4) is 0 Å². The van der Waals surface area contributed by atoms with E-state index in [1.165, 1.54) is 0 Å². The van der Waals surface area contributed by atoms with E-state index in [4.69, 9.17) is 11.6 Å². The molecule has 4 nitrogen and oxygen atoms in total. The normalized spacial score (nSPS) is 18.9. The van der Waals surface area contributed by atoms with Crippen molar-refractivity contribution in [2.24, 2.45) is 5.92 Å². The van der Waals surface area contributed by atoms with Crippen LogP contribution in [0.2, 0.25) is 5.02 Å². The van der Waals surface area contributed by atoms with Crippen LogP contribution in [0, 0.1) is 5.92 Å². The van der Waals surface area contributed by atoms with Gasteiger partial charge in [0.1, 0.15) is 0 Å². The molecule has 0 aromatic carbocycles. The Morgan fingerprint density at radius 2 is 2.06 bits per heavy atom. The minimum atomic E-state index is -0.748. The Balaban J connectivity index is 2.13. The molecule has 1 aromatic heterocycles. The van der Waals surface area contributed by atoms with Gasteiger partial charge in [0.25, 0.3) is 0 Å². The zero-order chi connectivity index (χ0) is 13.3. The third-order valence-corrected chi connectivity index (χ3v) is 4.03. The summed E-state index contributed by atoms with van der Waals surface area (Å²) >= 11 is 6.28. The molecule has 0 radical (unpaired) electrons. The third-order valence-electron chi connectivity index (χ3n) is 3.60. The van der Waals surface area contributed by atoms with Crippen LogP contribution in [0.1, 0.15) is 38.1 Å². The summed E-state index contributed by atoms with van der Waals surface area (Å²) in [5.74, 6) is 0.266. The summed E-state index contributed by atoms with van der Waals surface area (Å²) in [6.45, 7) is 4.73. The molecule has 1 aromatic rings. The average Bonchev–Trinajstić information content (AvgIpc) is 3.16. The average molecular weight is 273 g/mol. The highest BCUT2D eigenvalue weighted by atomic mass is 35.5. The Kier molecular flexibility index (Phi) is 4.30. The molecule has 1 heterocycles. The number of aromatic nitrogens is 2. The van der Waals surface area contributed by atoms with E-state index in [0.717, 1.165) is 37.2 Å². The van der Waals surface area contributed by atoms with Crippen LogP contribution in [-0.4, -0.2) is 32.2 Å². The number of hydrogen-bond donors (Lipinski definition) is 2. The molecule has 0 aliphatic heterocycles. The summed E-state index contributed by atoms with van der Waals surface area (Å²) in [5, 5.41) is 25.0. The standard InChI is InChI=1S/C13H21ClN2O2/c1-3-9-12(14)10(16(4-2)15-9)7-11(17)13(18)8-5-6-8/h8,11,13,17-18H,3-7H2,1-2H3. The molecule has 0 saturated heterocycles. The van der Waals surface area contributed by atoms with Gasteiger partial charge in [0.15, 0.2) is 0 Å². The maximum Gasteiger partial charge on any atom is 0.0857 e. The maximum atomic E-state index is 10.1. The van der Waals surface area contributed by atoms with E-state index < -0.39 is 12.2 Å². The number of halogens is 1. The Morgan fingerprint density at radius 1 is 1.39 bits per heavy atom. The maximum absolute atomic E-state index is 10.1. The molecular formula is C13H21ClN2O2. The largest absolute Gasteiger partial charge is 0.390 e. The van der Waals surface area contributed by atoms with Gasteiger partial charge in [0.05, 0.1) is 28.6 Å². The van der Waals surface area contributed by atoms with Gasteiger partial charge >= 0.3 is 0 Å². The van der Waals surface area contributed by atoms with Gasteiger partial charge < -0.3 is 10.2 Å². The smallest absolute Gasteiger partial charge is 0.0857 e. The first-order chi connectivity index (χ1) is 8.58. The fourth-order valence-electron chi connectivity index (χ4n) is 2.28. The van der Waals surface area contributed by atoms with Gasteiger partial charge in [-0.15, -0.1) is 0 Å². The Morgan fingerprint density at radius 3 is 2.56 bits per heavy atom. The summed E-state index contributed by atoms with van der Waals surface area (Å²) < 4.78 is 1.82. The second-order valence-corrected chi connectivity index (χ2v) is 5.35. The molecule has 1 aliphatic rings. The van der Waals surface area contributed by atoms with Gasteiger partial charge in [0.2, 0.25) is 0 Å². The minimum Gasteiger partial charge on any atom is -0.390 e. The van der Waals surface area contributed by atoms with Crippen molar-refractivity contribution in [1.82, 2.24) is 9.78 Å². The van der Waals surface area contributed by atoms with Crippen LogP contribution in [0.15, 0.2) is 0 Å². The van der Waals surface area contributed by atoms with Crippen LogP contribution in [0.4, 0.5) is 0 Å². The van der Waals surface area contributed by atoms with Gasteiger partial charge in [0, 0.05) is 13.0 Å². The third kappa shape index (κ3) is 2.71. The van der Waals surface area contributed by atoms with E-state index in [9.17, 15) is 10.2 Å². The van der Waals surface area contributed by atoms with Crippen molar-refractivity contribution < 1.29 is 10.2 Å². The summed E-state index contributed by atoms with van der Waals surface area (Å²) in [6.07, 6.45) is 1.80. The minimum absolute atomic E-state index is 0.266. The van der Waals surface area contributed by atoms with E-state index in [1.54, 1.807) is 0 Å². The van der Waals surface area contributed by atoms with Crippen molar-refractivity contribution >= 4 is 11.6 Å². The predicted molar refractivity (Wildman–Crippen MR) is 70.7 cm³/mol. The van der Waals surface area contributed by atoms with E-state index >= 15 is 0 Å².